The molecule has 0 aliphatic carbocycles. The Balaban J connectivity index is 1.87. The van der Waals surface area contributed by atoms with Gasteiger partial charge in [0.1, 0.15) is 23.5 Å². The summed E-state index contributed by atoms with van der Waals surface area (Å²) >= 11 is 1.22. The molecule has 0 saturated carbocycles. The van der Waals surface area contributed by atoms with Gasteiger partial charge >= 0.3 is 5.63 Å². The minimum absolute atomic E-state index is 0.269. The van der Waals surface area contributed by atoms with E-state index in [1.165, 1.54) is 17.8 Å². The second-order valence-corrected chi connectivity index (χ2v) is 6.41. The highest BCUT2D eigenvalue weighted by Gasteiger charge is 2.38. The van der Waals surface area contributed by atoms with Crippen LogP contribution in [0.5, 0.6) is 5.75 Å². The first-order valence-corrected chi connectivity index (χ1v) is 7.87. The second kappa shape index (κ2) is 5.92. The van der Waals surface area contributed by atoms with Crippen molar-refractivity contribution < 1.29 is 24.5 Å². The maximum atomic E-state index is 11.4. The molecule has 7 heteroatoms. The van der Waals surface area contributed by atoms with Crippen molar-refractivity contribution in [3.05, 3.63) is 40.2 Å². The van der Waals surface area contributed by atoms with Crippen LogP contribution in [0.15, 0.2) is 33.5 Å². The maximum absolute atomic E-state index is 11.4. The van der Waals surface area contributed by atoms with E-state index in [0.29, 0.717) is 11.3 Å². The summed E-state index contributed by atoms with van der Waals surface area (Å²) in [6.07, 6.45) is -3.42. The van der Waals surface area contributed by atoms with E-state index >= 15 is 0 Å². The van der Waals surface area contributed by atoms with Gasteiger partial charge in [0.25, 0.3) is 0 Å². The van der Waals surface area contributed by atoms with Crippen molar-refractivity contribution in [2.75, 3.05) is 5.75 Å². The summed E-state index contributed by atoms with van der Waals surface area (Å²) in [7, 11) is 0. The van der Waals surface area contributed by atoms with E-state index < -0.39 is 29.4 Å². The van der Waals surface area contributed by atoms with Gasteiger partial charge in [0.05, 0.1) is 6.10 Å². The van der Waals surface area contributed by atoms with Gasteiger partial charge in [-0.1, -0.05) is 0 Å². The number of hydrogen-bond acceptors (Lipinski definition) is 7. The minimum Gasteiger partial charge on any atom is -0.477 e. The van der Waals surface area contributed by atoms with Crippen LogP contribution in [0.4, 0.5) is 0 Å². The van der Waals surface area contributed by atoms with Gasteiger partial charge in [0, 0.05) is 23.3 Å². The average Bonchev–Trinajstić information content (AvgIpc) is 2.47. The number of thioether (sulfide) groups is 1. The summed E-state index contributed by atoms with van der Waals surface area (Å²) < 4.78 is 10.8. The standard InChI is InChI=1S/C15H16O6S/c1-7-4-12(17)21-11-5-8(2-3-9(7)11)20-15-14(19)13(18)10(16)6-22-15/h2-5,10,13-16,18-19H,6H2,1H3/t10-,13?,14?,15-/m1/s1. The zero-order valence-electron chi connectivity index (χ0n) is 11.8. The molecule has 1 saturated heterocycles. The van der Waals surface area contributed by atoms with E-state index in [1.54, 1.807) is 18.2 Å². The summed E-state index contributed by atoms with van der Waals surface area (Å²) in [4.78, 5) is 11.4. The molecule has 3 N–H and O–H groups in total. The second-order valence-electron chi connectivity index (χ2n) is 5.27. The minimum atomic E-state index is -1.24. The van der Waals surface area contributed by atoms with Gasteiger partial charge in [-0.25, -0.2) is 4.79 Å². The molecule has 2 heterocycles. The number of hydrogen-bond donors (Lipinski definition) is 3. The van der Waals surface area contributed by atoms with Gasteiger partial charge in [-0.3, -0.25) is 0 Å². The zero-order chi connectivity index (χ0) is 15.9. The lowest BCUT2D eigenvalue weighted by molar-refractivity contribution is -0.0786. The highest BCUT2D eigenvalue weighted by molar-refractivity contribution is 7.99. The zero-order valence-corrected chi connectivity index (χ0v) is 12.6. The molecular formula is C15H16O6S. The van der Waals surface area contributed by atoms with E-state index in [4.69, 9.17) is 9.15 Å². The monoisotopic (exact) mass is 324 g/mol. The highest BCUT2D eigenvalue weighted by atomic mass is 32.2. The number of aliphatic hydroxyl groups is 3. The van der Waals surface area contributed by atoms with Crippen molar-refractivity contribution in [3.8, 4) is 5.75 Å². The quantitative estimate of drug-likeness (QED) is 0.697. The van der Waals surface area contributed by atoms with Crippen LogP contribution in [0.1, 0.15) is 5.56 Å². The fourth-order valence-electron chi connectivity index (χ4n) is 2.40. The van der Waals surface area contributed by atoms with Crippen LogP contribution >= 0.6 is 11.8 Å². The molecule has 0 amide bonds. The van der Waals surface area contributed by atoms with Crippen molar-refractivity contribution >= 4 is 22.7 Å². The SMILES string of the molecule is Cc1cc(=O)oc2cc(O[C@@H]3SC[C@@H](O)C(O)C3O)ccc12. The van der Waals surface area contributed by atoms with Gasteiger partial charge in [-0.2, -0.15) is 0 Å². The molecule has 1 aliphatic heterocycles. The molecule has 1 aromatic carbocycles. The van der Waals surface area contributed by atoms with Gasteiger partial charge < -0.3 is 24.5 Å². The Morgan fingerprint density at radius 3 is 2.77 bits per heavy atom. The number of benzene rings is 1. The lowest BCUT2D eigenvalue weighted by Gasteiger charge is -2.34. The Kier molecular flexibility index (Phi) is 4.14. The van der Waals surface area contributed by atoms with Gasteiger partial charge in [-0.15, -0.1) is 11.8 Å². The Labute approximate surface area is 130 Å². The molecule has 4 atom stereocenters. The van der Waals surface area contributed by atoms with Crippen molar-refractivity contribution in [2.45, 2.75) is 30.7 Å². The Morgan fingerprint density at radius 1 is 1.23 bits per heavy atom. The molecule has 0 spiro atoms. The van der Waals surface area contributed by atoms with Crippen molar-refractivity contribution in [1.29, 1.82) is 0 Å². The van der Waals surface area contributed by atoms with E-state index in [9.17, 15) is 20.1 Å². The molecule has 0 bridgehead atoms. The number of ether oxygens (including phenoxy) is 1. The topological polar surface area (TPSA) is 100 Å². The fraction of sp³-hybridized carbons (Fsp3) is 0.400. The summed E-state index contributed by atoms with van der Waals surface area (Å²) in [5, 5.41) is 29.9. The Hall–Kier alpha value is -1.54. The summed E-state index contributed by atoms with van der Waals surface area (Å²) in [6, 6.07) is 6.48. The molecule has 2 unspecified atom stereocenters. The molecule has 118 valence electrons. The predicted octanol–water partition coefficient (Wildman–Crippen LogP) is 0.636. The van der Waals surface area contributed by atoms with Gasteiger partial charge in [0.2, 0.25) is 0 Å². The van der Waals surface area contributed by atoms with Crippen LogP contribution in [0, 0.1) is 6.92 Å². The van der Waals surface area contributed by atoms with Crippen LogP contribution in [-0.2, 0) is 0 Å². The van der Waals surface area contributed by atoms with Crippen molar-refractivity contribution in [2.24, 2.45) is 0 Å². The molecule has 6 nitrogen and oxygen atoms in total. The summed E-state index contributed by atoms with van der Waals surface area (Å²) in [5.41, 5.74) is 0.0713. The fourth-order valence-corrected chi connectivity index (χ4v) is 3.52. The van der Waals surface area contributed by atoms with E-state index in [1.807, 2.05) is 6.92 Å². The molecule has 1 aliphatic rings. The molecule has 1 aromatic heterocycles. The Bertz CT molecular complexity index is 742. The summed E-state index contributed by atoms with van der Waals surface area (Å²) in [6.45, 7) is 1.82. The van der Waals surface area contributed by atoms with Gasteiger partial charge in [-0.05, 0) is 24.6 Å². The van der Waals surface area contributed by atoms with E-state index in [0.717, 1.165) is 10.9 Å². The van der Waals surface area contributed by atoms with Crippen LogP contribution < -0.4 is 10.4 Å². The van der Waals surface area contributed by atoms with Crippen molar-refractivity contribution in [1.82, 2.24) is 0 Å². The third kappa shape index (κ3) is 2.85. The van der Waals surface area contributed by atoms with Crippen molar-refractivity contribution in [3.63, 3.8) is 0 Å². The molecule has 1 fully saturated rings. The number of rotatable bonds is 2. The number of aryl methyl sites for hydroxylation is 1. The maximum Gasteiger partial charge on any atom is 0.336 e. The number of fused-ring (bicyclic) bond motifs is 1. The summed E-state index contributed by atoms with van der Waals surface area (Å²) in [5.74, 6) is 0.686. The van der Waals surface area contributed by atoms with Gasteiger partial charge in [0.15, 0.2) is 5.44 Å². The molecular weight excluding hydrogens is 308 g/mol. The van der Waals surface area contributed by atoms with E-state index in [2.05, 4.69) is 0 Å². The van der Waals surface area contributed by atoms with Crippen LogP contribution in [0.3, 0.4) is 0 Å². The molecule has 3 rings (SSSR count). The Morgan fingerprint density at radius 2 is 2.00 bits per heavy atom. The first kappa shape index (κ1) is 15.4. The molecule has 2 aromatic rings. The third-order valence-corrected chi connectivity index (χ3v) is 4.87. The number of aliphatic hydroxyl groups excluding tert-OH is 3. The average molecular weight is 324 g/mol. The third-order valence-electron chi connectivity index (χ3n) is 3.63. The van der Waals surface area contributed by atoms with Crippen LogP contribution in [-0.4, -0.2) is 44.8 Å². The smallest absolute Gasteiger partial charge is 0.336 e. The molecule has 22 heavy (non-hydrogen) atoms. The molecule has 0 radical (unpaired) electrons. The first-order valence-electron chi connectivity index (χ1n) is 6.82. The highest BCUT2D eigenvalue weighted by Crippen LogP contribution is 2.30. The van der Waals surface area contributed by atoms with E-state index in [-0.39, 0.29) is 5.75 Å². The van der Waals surface area contributed by atoms with Crippen LogP contribution in [0.2, 0.25) is 0 Å². The lowest BCUT2D eigenvalue weighted by atomic mass is 10.1. The van der Waals surface area contributed by atoms with Crippen LogP contribution in [0.25, 0.3) is 11.0 Å². The lowest BCUT2D eigenvalue weighted by Crippen LogP contribution is -2.50. The predicted molar refractivity (Wildman–Crippen MR) is 82.1 cm³/mol. The first-order chi connectivity index (χ1) is 10.5. The normalized spacial score (nSPS) is 28.7. The largest absolute Gasteiger partial charge is 0.477 e.